The van der Waals surface area contributed by atoms with Crippen LogP contribution in [0.15, 0.2) is 144 Å². The minimum atomic E-state index is 0.924. The lowest BCUT2D eigenvalue weighted by atomic mass is 10.0. The largest absolute Gasteiger partial charge is 0.454 e. The van der Waals surface area contributed by atoms with Gasteiger partial charge in [0.2, 0.25) is 0 Å². The Morgan fingerprint density at radius 2 is 1.30 bits per heavy atom. The van der Waals surface area contributed by atoms with Crippen molar-refractivity contribution in [1.29, 1.82) is 0 Å². The van der Waals surface area contributed by atoms with Gasteiger partial charge in [0.15, 0.2) is 5.58 Å². The third-order valence-electron chi connectivity index (χ3n) is 10.7. The molecule has 0 spiro atoms. The summed E-state index contributed by atoms with van der Waals surface area (Å²) in [5.74, 6) is 0. The second kappa shape index (κ2) is 10.6. The molecule has 0 N–H and O–H groups in total. The number of aromatic nitrogens is 2. The topological polar surface area (TPSA) is 23.0 Å². The third kappa shape index (κ3) is 3.85. The van der Waals surface area contributed by atoms with E-state index in [9.17, 15) is 0 Å². The Kier molecular flexibility index (Phi) is 5.93. The van der Waals surface area contributed by atoms with Crippen LogP contribution in [-0.4, -0.2) is 9.13 Å². The van der Waals surface area contributed by atoms with Crippen LogP contribution in [0.3, 0.4) is 0 Å². The summed E-state index contributed by atoms with van der Waals surface area (Å²) in [5, 5.41) is 9.96. The maximum absolute atomic E-state index is 6.74. The highest BCUT2D eigenvalue weighted by Crippen LogP contribution is 2.44. The first kappa shape index (κ1) is 28.0. The van der Waals surface area contributed by atoms with E-state index in [0.29, 0.717) is 0 Å². The van der Waals surface area contributed by atoms with Crippen molar-refractivity contribution in [2.24, 2.45) is 0 Å². The van der Waals surface area contributed by atoms with Gasteiger partial charge in [0, 0.05) is 58.2 Å². The van der Waals surface area contributed by atoms with Gasteiger partial charge in [0.25, 0.3) is 0 Å². The number of nitrogens with zero attached hydrogens (tertiary/aromatic N) is 2. The highest BCUT2D eigenvalue weighted by molar-refractivity contribution is 7.25. The number of benzene rings is 7. The molecule has 238 valence electrons. The van der Waals surface area contributed by atoms with Crippen LogP contribution in [0.5, 0.6) is 0 Å². The summed E-state index contributed by atoms with van der Waals surface area (Å²) in [5.41, 5.74) is 10.2. The summed E-state index contributed by atoms with van der Waals surface area (Å²) in [6.45, 7) is 2.25. The molecule has 0 aliphatic rings. The molecule has 0 aliphatic heterocycles. The number of unbranched alkanes of at least 4 members (excludes halogenated alkanes) is 1. The second-order valence-electron chi connectivity index (χ2n) is 13.5. The first-order valence-electron chi connectivity index (χ1n) is 17.6. The van der Waals surface area contributed by atoms with Crippen LogP contribution in [0, 0.1) is 0 Å². The molecule has 7 aromatic carbocycles. The van der Waals surface area contributed by atoms with Crippen molar-refractivity contribution in [3.63, 3.8) is 0 Å². The van der Waals surface area contributed by atoms with E-state index >= 15 is 0 Å². The fourth-order valence-electron chi connectivity index (χ4n) is 8.43. The predicted molar refractivity (Wildman–Crippen MR) is 214 cm³/mol. The first-order valence-corrected chi connectivity index (χ1v) is 18.4. The third-order valence-corrected chi connectivity index (χ3v) is 11.8. The maximum atomic E-state index is 6.74. The molecule has 0 bridgehead atoms. The number of fused-ring (bicyclic) bond motifs is 13. The molecular formula is C46H32N2OS. The summed E-state index contributed by atoms with van der Waals surface area (Å²) in [4.78, 5) is 0. The zero-order chi connectivity index (χ0) is 32.9. The van der Waals surface area contributed by atoms with Gasteiger partial charge in [-0.25, -0.2) is 0 Å². The van der Waals surface area contributed by atoms with Gasteiger partial charge in [-0.05, 0) is 79.1 Å². The zero-order valence-corrected chi connectivity index (χ0v) is 28.4. The number of rotatable bonds is 5. The molecule has 4 aromatic heterocycles. The average Bonchev–Trinajstić information content (AvgIpc) is 3.91. The molecular weight excluding hydrogens is 629 g/mol. The number of hydrogen-bond acceptors (Lipinski definition) is 2. The monoisotopic (exact) mass is 660 g/mol. The molecule has 0 fully saturated rings. The predicted octanol–water partition coefficient (Wildman–Crippen LogP) is 13.5. The van der Waals surface area contributed by atoms with E-state index in [1.54, 1.807) is 0 Å². The molecule has 4 heteroatoms. The van der Waals surface area contributed by atoms with Crippen LogP contribution < -0.4 is 0 Å². The fraction of sp³-hybridized carbons (Fsp3) is 0.0870. The molecule has 50 heavy (non-hydrogen) atoms. The van der Waals surface area contributed by atoms with Crippen molar-refractivity contribution >= 4 is 97.1 Å². The number of aryl methyl sites for hydroxylation is 1. The Morgan fingerprint density at radius 1 is 0.540 bits per heavy atom. The Labute approximate surface area is 292 Å². The molecule has 0 saturated heterocycles. The van der Waals surface area contributed by atoms with Gasteiger partial charge in [0.05, 0.1) is 27.8 Å². The molecule has 0 radical (unpaired) electrons. The van der Waals surface area contributed by atoms with Crippen molar-refractivity contribution in [3.05, 3.63) is 145 Å². The van der Waals surface area contributed by atoms with Crippen LogP contribution in [0.4, 0.5) is 0 Å². The zero-order valence-electron chi connectivity index (χ0n) is 27.6. The van der Waals surface area contributed by atoms with Crippen LogP contribution in [0.1, 0.15) is 25.3 Å². The van der Waals surface area contributed by atoms with Crippen molar-refractivity contribution in [2.75, 3.05) is 0 Å². The molecule has 4 heterocycles. The minimum absolute atomic E-state index is 0.924. The van der Waals surface area contributed by atoms with Gasteiger partial charge in [-0.2, -0.15) is 0 Å². The fourth-order valence-corrected chi connectivity index (χ4v) is 9.52. The second-order valence-corrected chi connectivity index (χ2v) is 14.6. The summed E-state index contributed by atoms with van der Waals surface area (Å²) in [6.07, 6.45) is 3.47. The van der Waals surface area contributed by atoms with Crippen LogP contribution >= 0.6 is 11.3 Å². The van der Waals surface area contributed by atoms with Crippen LogP contribution in [0.25, 0.3) is 97.1 Å². The van der Waals surface area contributed by atoms with Crippen LogP contribution in [0.2, 0.25) is 0 Å². The van der Waals surface area contributed by atoms with Crippen LogP contribution in [-0.2, 0) is 6.42 Å². The van der Waals surface area contributed by atoms with Gasteiger partial charge >= 0.3 is 0 Å². The van der Waals surface area contributed by atoms with Gasteiger partial charge in [0.1, 0.15) is 5.58 Å². The summed E-state index contributed by atoms with van der Waals surface area (Å²) in [6, 6.07) is 51.4. The van der Waals surface area contributed by atoms with Crippen molar-refractivity contribution < 1.29 is 4.42 Å². The lowest BCUT2D eigenvalue weighted by molar-refractivity contribution is 0.666. The molecule has 3 nitrogen and oxygen atoms in total. The van der Waals surface area contributed by atoms with Gasteiger partial charge in [-0.15, -0.1) is 11.3 Å². The number of para-hydroxylation sites is 3. The molecule has 11 aromatic rings. The highest BCUT2D eigenvalue weighted by Gasteiger charge is 2.23. The van der Waals surface area contributed by atoms with E-state index < -0.39 is 0 Å². The number of furan rings is 1. The van der Waals surface area contributed by atoms with Crippen molar-refractivity contribution in [2.45, 2.75) is 26.2 Å². The Morgan fingerprint density at radius 3 is 2.18 bits per heavy atom. The lowest BCUT2D eigenvalue weighted by Crippen LogP contribution is -1.95. The first-order chi connectivity index (χ1) is 24.8. The standard InChI is InChI=1S/C46H32N2OS/c1-2-3-11-28-20-24-41-35(26-28)33-15-10-18-40(46(33)49-41)48-38-17-8-5-14-34(38)44-39(48)23-22-32-30-12-4-7-16-37(30)47(45(32)44)29-21-25-43-36(27-29)31-13-6-9-19-42(31)50-43/h4-10,12-27H,2-3,11H2,1H3. The number of thiophene rings is 1. The van der Waals surface area contributed by atoms with E-state index in [0.717, 1.165) is 28.7 Å². The molecule has 0 aliphatic carbocycles. The van der Waals surface area contributed by atoms with Crippen molar-refractivity contribution in [1.82, 2.24) is 9.13 Å². The average molecular weight is 661 g/mol. The summed E-state index contributed by atoms with van der Waals surface area (Å²) >= 11 is 1.86. The molecule has 0 unspecified atom stereocenters. The number of hydrogen-bond donors (Lipinski definition) is 0. The Bertz CT molecular complexity index is 3150. The summed E-state index contributed by atoms with van der Waals surface area (Å²) in [7, 11) is 0. The maximum Gasteiger partial charge on any atom is 0.159 e. The van der Waals surface area contributed by atoms with Gasteiger partial charge in [-0.1, -0.05) is 92.2 Å². The van der Waals surface area contributed by atoms with E-state index in [1.807, 2.05) is 11.3 Å². The van der Waals surface area contributed by atoms with E-state index in [1.165, 1.54) is 93.3 Å². The normalized spacial score (nSPS) is 12.3. The lowest BCUT2D eigenvalue weighted by Gasteiger charge is -2.11. The Hall–Kier alpha value is -5.84. The van der Waals surface area contributed by atoms with E-state index in [4.69, 9.17) is 4.42 Å². The quantitative estimate of drug-likeness (QED) is 0.180. The molecule has 11 rings (SSSR count). The SMILES string of the molecule is CCCCc1ccc2oc3c(-n4c5ccccc5c5c4ccc4c6ccccc6n(-c6ccc7sc8ccccc8c7c6)c45)cccc3c2c1. The molecule has 0 atom stereocenters. The summed E-state index contributed by atoms with van der Waals surface area (Å²) < 4.78 is 14.3. The molecule has 0 amide bonds. The van der Waals surface area contributed by atoms with Gasteiger partial charge < -0.3 is 13.6 Å². The van der Waals surface area contributed by atoms with E-state index in [-0.39, 0.29) is 0 Å². The van der Waals surface area contributed by atoms with E-state index in [2.05, 4.69) is 156 Å². The Balaban J connectivity index is 1.25. The minimum Gasteiger partial charge on any atom is -0.454 e. The smallest absolute Gasteiger partial charge is 0.159 e. The van der Waals surface area contributed by atoms with Crippen molar-refractivity contribution in [3.8, 4) is 11.4 Å². The highest BCUT2D eigenvalue weighted by atomic mass is 32.1. The molecule has 0 saturated carbocycles. The van der Waals surface area contributed by atoms with Gasteiger partial charge in [-0.3, -0.25) is 0 Å².